The van der Waals surface area contributed by atoms with Crippen LogP contribution in [0.1, 0.15) is 33.1 Å². The predicted octanol–water partition coefficient (Wildman–Crippen LogP) is 1.60. The van der Waals surface area contributed by atoms with Gasteiger partial charge >= 0.3 is 0 Å². The Balaban J connectivity index is 1.62. The fourth-order valence-corrected chi connectivity index (χ4v) is 2.35. The molecular formula is C16H18N6O. The first-order valence-corrected chi connectivity index (χ1v) is 7.34. The maximum Gasteiger partial charge on any atom is 0.251 e. The number of nitrogens with zero attached hydrogens (tertiary/aromatic N) is 4. The molecule has 118 valence electrons. The number of hydrogen-bond acceptors (Lipinski definition) is 4. The Morgan fingerprint density at radius 2 is 2.04 bits per heavy atom. The van der Waals surface area contributed by atoms with Gasteiger partial charge in [0.05, 0.1) is 18.8 Å². The summed E-state index contributed by atoms with van der Waals surface area (Å²) in [6.45, 7) is 5.03. The molecular weight excluding hydrogens is 292 g/mol. The lowest BCUT2D eigenvalue weighted by Gasteiger charge is -2.07. The summed E-state index contributed by atoms with van der Waals surface area (Å²) < 4.78 is 1.95. The largest absolute Gasteiger partial charge is 0.345 e. The zero-order valence-electron chi connectivity index (χ0n) is 13.1. The summed E-state index contributed by atoms with van der Waals surface area (Å²) in [7, 11) is 0. The van der Waals surface area contributed by atoms with Crippen molar-refractivity contribution in [3.05, 3.63) is 65.0 Å². The Kier molecular flexibility index (Phi) is 4.18. The van der Waals surface area contributed by atoms with E-state index in [0.717, 1.165) is 17.0 Å². The molecule has 2 N–H and O–H groups in total. The summed E-state index contributed by atoms with van der Waals surface area (Å²) in [4.78, 5) is 16.0. The van der Waals surface area contributed by atoms with Gasteiger partial charge in [0.2, 0.25) is 0 Å². The summed E-state index contributed by atoms with van der Waals surface area (Å²) in [5.41, 5.74) is 3.84. The van der Waals surface area contributed by atoms with Gasteiger partial charge in [-0.15, -0.1) is 0 Å². The molecule has 0 spiro atoms. The summed E-state index contributed by atoms with van der Waals surface area (Å²) >= 11 is 0. The molecule has 3 rings (SSSR count). The normalized spacial score (nSPS) is 10.7. The maximum atomic E-state index is 12.1. The molecule has 7 nitrogen and oxygen atoms in total. The number of nitrogens with one attached hydrogen (secondary N) is 2. The zero-order valence-corrected chi connectivity index (χ0v) is 13.1. The van der Waals surface area contributed by atoms with Crippen molar-refractivity contribution in [3.8, 4) is 0 Å². The molecule has 0 bridgehead atoms. The van der Waals surface area contributed by atoms with Crippen LogP contribution in [0.2, 0.25) is 0 Å². The van der Waals surface area contributed by atoms with Crippen LogP contribution in [0, 0.1) is 13.8 Å². The summed E-state index contributed by atoms with van der Waals surface area (Å²) in [6.07, 6.45) is 1.41. The van der Waals surface area contributed by atoms with Crippen LogP contribution in [0.4, 0.5) is 0 Å². The highest BCUT2D eigenvalue weighted by Gasteiger charge is 2.07. The summed E-state index contributed by atoms with van der Waals surface area (Å²) in [5, 5.41) is 13.7. The van der Waals surface area contributed by atoms with Crippen molar-refractivity contribution in [2.45, 2.75) is 26.9 Å². The van der Waals surface area contributed by atoms with E-state index in [2.05, 4.69) is 25.6 Å². The van der Waals surface area contributed by atoms with Crippen molar-refractivity contribution in [2.75, 3.05) is 0 Å². The highest BCUT2D eigenvalue weighted by molar-refractivity contribution is 5.94. The monoisotopic (exact) mass is 310 g/mol. The average molecular weight is 310 g/mol. The van der Waals surface area contributed by atoms with Gasteiger partial charge in [-0.25, -0.2) is 4.98 Å². The number of carbonyl (C=O) groups excluding carboxylic acids is 1. The predicted molar refractivity (Wildman–Crippen MR) is 84.8 cm³/mol. The number of aromatic amines is 1. The molecule has 3 aromatic rings. The third kappa shape index (κ3) is 3.63. The van der Waals surface area contributed by atoms with E-state index in [1.807, 2.05) is 48.9 Å². The van der Waals surface area contributed by atoms with Gasteiger partial charge in [-0.05, 0) is 37.6 Å². The van der Waals surface area contributed by atoms with Gasteiger partial charge in [0.25, 0.3) is 5.91 Å². The van der Waals surface area contributed by atoms with Gasteiger partial charge in [0, 0.05) is 11.3 Å². The van der Waals surface area contributed by atoms with Crippen LogP contribution in [-0.4, -0.2) is 30.9 Å². The van der Waals surface area contributed by atoms with E-state index in [4.69, 9.17) is 0 Å². The van der Waals surface area contributed by atoms with Crippen LogP contribution >= 0.6 is 0 Å². The van der Waals surface area contributed by atoms with Gasteiger partial charge in [-0.2, -0.15) is 10.2 Å². The van der Waals surface area contributed by atoms with Crippen LogP contribution in [0.3, 0.4) is 0 Å². The second kappa shape index (κ2) is 6.43. The minimum Gasteiger partial charge on any atom is -0.345 e. The molecule has 7 heteroatoms. The Hall–Kier alpha value is -2.96. The first kappa shape index (κ1) is 15.0. The van der Waals surface area contributed by atoms with Gasteiger partial charge in [0.15, 0.2) is 0 Å². The number of hydrogen-bond donors (Lipinski definition) is 2. The van der Waals surface area contributed by atoms with Crippen LogP contribution in [0.25, 0.3) is 0 Å². The smallest absolute Gasteiger partial charge is 0.251 e. The van der Waals surface area contributed by atoms with Crippen LogP contribution < -0.4 is 5.32 Å². The van der Waals surface area contributed by atoms with Crippen molar-refractivity contribution in [2.24, 2.45) is 0 Å². The fraction of sp³-hybridized carbons (Fsp3) is 0.250. The number of carbonyl (C=O) groups is 1. The quantitative estimate of drug-likeness (QED) is 0.749. The lowest BCUT2D eigenvalue weighted by molar-refractivity contribution is 0.0950. The highest BCUT2D eigenvalue weighted by atomic mass is 16.1. The number of aromatic nitrogens is 5. The molecule has 0 saturated heterocycles. The minimum atomic E-state index is -0.140. The summed E-state index contributed by atoms with van der Waals surface area (Å²) in [5.74, 6) is 0.485. The van der Waals surface area contributed by atoms with E-state index >= 15 is 0 Å². The van der Waals surface area contributed by atoms with Gasteiger partial charge in [-0.3, -0.25) is 14.6 Å². The van der Waals surface area contributed by atoms with Crippen molar-refractivity contribution in [1.82, 2.24) is 30.3 Å². The third-order valence-corrected chi connectivity index (χ3v) is 3.53. The molecule has 0 aliphatic heterocycles. The van der Waals surface area contributed by atoms with E-state index < -0.39 is 0 Å². The van der Waals surface area contributed by atoms with Crippen molar-refractivity contribution in [3.63, 3.8) is 0 Å². The molecule has 1 amide bonds. The Morgan fingerprint density at radius 3 is 2.65 bits per heavy atom. The van der Waals surface area contributed by atoms with Crippen LogP contribution in [0.5, 0.6) is 0 Å². The molecule has 1 aromatic carbocycles. The average Bonchev–Trinajstić information content (AvgIpc) is 3.16. The maximum absolute atomic E-state index is 12.1. The van der Waals surface area contributed by atoms with E-state index in [1.165, 1.54) is 6.33 Å². The molecule has 0 saturated carbocycles. The van der Waals surface area contributed by atoms with Gasteiger partial charge < -0.3 is 5.32 Å². The molecule has 0 aliphatic rings. The Bertz CT molecular complexity index is 789. The SMILES string of the molecule is Cc1cc(C)n(Cc2ccc(C(=O)NCc3ncn[nH]3)cc2)n1. The lowest BCUT2D eigenvalue weighted by Crippen LogP contribution is -2.23. The number of benzene rings is 1. The zero-order chi connectivity index (χ0) is 16.2. The highest BCUT2D eigenvalue weighted by Crippen LogP contribution is 2.09. The van der Waals surface area contributed by atoms with Crippen molar-refractivity contribution < 1.29 is 4.79 Å². The number of aryl methyl sites for hydroxylation is 2. The van der Waals surface area contributed by atoms with Crippen LogP contribution in [-0.2, 0) is 13.1 Å². The molecule has 0 unspecified atom stereocenters. The molecule has 0 aliphatic carbocycles. The van der Waals surface area contributed by atoms with Gasteiger partial charge in [-0.1, -0.05) is 12.1 Å². The number of H-pyrrole nitrogens is 1. The van der Waals surface area contributed by atoms with E-state index in [-0.39, 0.29) is 5.91 Å². The van der Waals surface area contributed by atoms with Crippen molar-refractivity contribution >= 4 is 5.91 Å². The second-order valence-corrected chi connectivity index (χ2v) is 5.40. The second-order valence-electron chi connectivity index (χ2n) is 5.40. The third-order valence-electron chi connectivity index (χ3n) is 3.53. The molecule has 23 heavy (non-hydrogen) atoms. The molecule has 2 aromatic heterocycles. The van der Waals surface area contributed by atoms with E-state index in [9.17, 15) is 4.79 Å². The number of rotatable bonds is 5. The standard InChI is InChI=1S/C16H18N6O/c1-11-7-12(2)22(21-11)9-13-3-5-14(6-4-13)16(23)17-8-15-18-10-19-20-15/h3-7,10H,8-9H2,1-2H3,(H,17,23)(H,18,19,20). The minimum absolute atomic E-state index is 0.140. The van der Waals surface area contributed by atoms with Crippen molar-refractivity contribution in [1.29, 1.82) is 0 Å². The lowest BCUT2D eigenvalue weighted by atomic mass is 10.1. The van der Waals surface area contributed by atoms with E-state index in [1.54, 1.807) is 0 Å². The number of amides is 1. The fourth-order valence-electron chi connectivity index (χ4n) is 2.35. The van der Waals surface area contributed by atoms with E-state index in [0.29, 0.717) is 24.5 Å². The topological polar surface area (TPSA) is 88.5 Å². The first-order valence-electron chi connectivity index (χ1n) is 7.34. The Morgan fingerprint density at radius 1 is 1.26 bits per heavy atom. The van der Waals surface area contributed by atoms with Gasteiger partial charge in [0.1, 0.15) is 12.2 Å². The Labute approximate surface area is 133 Å². The first-order chi connectivity index (χ1) is 11.1. The molecule has 0 atom stereocenters. The molecule has 0 fully saturated rings. The molecule has 0 radical (unpaired) electrons. The van der Waals surface area contributed by atoms with Crippen LogP contribution in [0.15, 0.2) is 36.7 Å². The molecule has 2 heterocycles. The summed E-state index contributed by atoms with van der Waals surface area (Å²) in [6, 6.07) is 9.57.